The number of anilines is 2. The van der Waals surface area contributed by atoms with Gasteiger partial charge in [0, 0.05) is 19.8 Å². The number of rotatable bonds is 5. The van der Waals surface area contributed by atoms with Crippen LogP contribution in [0.15, 0.2) is 41.2 Å². The molecule has 0 saturated heterocycles. The summed E-state index contributed by atoms with van der Waals surface area (Å²) in [5.41, 5.74) is 3.99. The molecule has 0 aliphatic carbocycles. The van der Waals surface area contributed by atoms with Crippen LogP contribution in [-0.2, 0) is 28.9 Å². The number of aryl methyl sites for hydroxylation is 4. The van der Waals surface area contributed by atoms with Crippen molar-refractivity contribution in [1.29, 1.82) is 0 Å². The Morgan fingerprint density at radius 3 is 2.17 bits per heavy atom. The Balaban J connectivity index is 1.88. The maximum absolute atomic E-state index is 12.6. The summed E-state index contributed by atoms with van der Waals surface area (Å²) in [6.45, 7) is 3.39. The maximum atomic E-state index is 12.6. The van der Waals surface area contributed by atoms with Gasteiger partial charge in [-0.2, -0.15) is 0 Å². The molecule has 1 amide bonds. The van der Waals surface area contributed by atoms with Crippen molar-refractivity contribution >= 4 is 38.3 Å². The van der Waals surface area contributed by atoms with E-state index in [1.807, 2.05) is 19.9 Å². The Labute approximate surface area is 169 Å². The molecule has 0 unspecified atom stereocenters. The van der Waals surface area contributed by atoms with E-state index in [1.54, 1.807) is 44.4 Å². The van der Waals surface area contributed by atoms with E-state index in [-0.39, 0.29) is 12.2 Å². The number of fused-ring (bicyclic) bond motifs is 1. The molecule has 9 heteroatoms. The lowest BCUT2D eigenvalue weighted by Gasteiger charge is -2.23. The molecule has 154 valence electrons. The van der Waals surface area contributed by atoms with Gasteiger partial charge < -0.3 is 5.32 Å². The van der Waals surface area contributed by atoms with Crippen molar-refractivity contribution < 1.29 is 13.2 Å². The number of sulfonamides is 1. The van der Waals surface area contributed by atoms with Gasteiger partial charge in [0.05, 0.1) is 23.0 Å². The van der Waals surface area contributed by atoms with Crippen LogP contribution in [0.25, 0.3) is 11.0 Å². The molecule has 0 aliphatic rings. The quantitative estimate of drug-likeness (QED) is 0.687. The minimum atomic E-state index is -3.66. The first kappa shape index (κ1) is 20.7. The van der Waals surface area contributed by atoms with Crippen LogP contribution in [0.4, 0.5) is 11.4 Å². The highest BCUT2D eigenvalue weighted by Gasteiger charge is 2.21. The minimum absolute atomic E-state index is 0.165. The minimum Gasteiger partial charge on any atom is -0.324 e. The molecule has 3 rings (SSSR count). The van der Waals surface area contributed by atoms with Crippen molar-refractivity contribution in [1.82, 2.24) is 9.13 Å². The van der Waals surface area contributed by atoms with E-state index in [9.17, 15) is 18.0 Å². The van der Waals surface area contributed by atoms with Crippen LogP contribution in [-0.4, -0.2) is 36.3 Å². The van der Waals surface area contributed by atoms with Gasteiger partial charge in [0.1, 0.15) is 6.54 Å². The molecular weight excluding hydrogens is 392 g/mol. The van der Waals surface area contributed by atoms with Crippen molar-refractivity contribution in [3.63, 3.8) is 0 Å². The Morgan fingerprint density at radius 2 is 1.59 bits per heavy atom. The fourth-order valence-electron chi connectivity index (χ4n) is 3.41. The van der Waals surface area contributed by atoms with Gasteiger partial charge in [0.25, 0.3) is 0 Å². The number of benzene rings is 2. The van der Waals surface area contributed by atoms with E-state index in [0.717, 1.165) is 27.2 Å². The number of carbonyl (C=O) groups is 1. The second-order valence-corrected chi connectivity index (χ2v) is 9.17. The SMILES string of the molecule is Cc1cc(C)cc(N(CC(=O)Nc2ccc3c(c2)n(C)c(=O)n3C)S(C)(=O)=O)c1. The first-order chi connectivity index (χ1) is 13.5. The van der Waals surface area contributed by atoms with Gasteiger partial charge in [0.2, 0.25) is 15.9 Å². The summed E-state index contributed by atoms with van der Waals surface area (Å²) in [5.74, 6) is -0.477. The van der Waals surface area contributed by atoms with E-state index < -0.39 is 15.9 Å². The Hall–Kier alpha value is -3.07. The summed E-state index contributed by atoms with van der Waals surface area (Å²) in [6.07, 6.45) is 1.07. The first-order valence-electron chi connectivity index (χ1n) is 8.98. The molecule has 29 heavy (non-hydrogen) atoms. The number of hydrogen-bond acceptors (Lipinski definition) is 4. The van der Waals surface area contributed by atoms with Crippen LogP contribution >= 0.6 is 0 Å². The molecule has 2 aromatic carbocycles. The molecule has 0 atom stereocenters. The van der Waals surface area contributed by atoms with Crippen LogP contribution < -0.4 is 15.3 Å². The van der Waals surface area contributed by atoms with Crippen molar-refractivity contribution in [3.05, 3.63) is 58.0 Å². The van der Waals surface area contributed by atoms with Crippen LogP contribution in [0.3, 0.4) is 0 Å². The summed E-state index contributed by atoms with van der Waals surface area (Å²) >= 11 is 0. The fourth-order valence-corrected chi connectivity index (χ4v) is 4.25. The molecule has 1 N–H and O–H groups in total. The third-order valence-corrected chi connectivity index (χ3v) is 5.88. The third-order valence-electron chi connectivity index (χ3n) is 4.74. The van der Waals surface area contributed by atoms with Gasteiger partial charge >= 0.3 is 5.69 Å². The van der Waals surface area contributed by atoms with Crippen LogP contribution in [0.5, 0.6) is 0 Å². The third kappa shape index (κ3) is 4.19. The number of imidazole rings is 1. The molecule has 0 bridgehead atoms. The van der Waals surface area contributed by atoms with E-state index in [0.29, 0.717) is 16.9 Å². The molecular formula is C20H24N4O4S. The number of aromatic nitrogens is 2. The van der Waals surface area contributed by atoms with Gasteiger partial charge in [-0.3, -0.25) is 18.2 Å². The highest BCUT2D eigenvalue weighted by atomic mass is 32.2. The molecule has 0 aliphatic heterocycles. The highest BCUT2D eigenvalue weighted by Crippen LogP contribution is 2.22. The van der Waals surface area contributed by atoms with Crippen molar-refractivity contribution in [2.24, 2.45) is 14.1 Å². The summed E-state index contributed by atoms with van der Waals surface area (Å²) in [5, 5.41) is 2.72. The maximum Gasteiger partial charge on any atom is 0.328 e. The van der Waals surface area contributed by atoms with Gasteiger partial charge in [-0.05, 0) is 55.3 Å². The molecule has 0 fully saturated rings. The van der Waals surface area contributed by atoms with Crippen LogP contribution in [0.2, 0.25) is 0 Å². The van der Waals surface area contributed by atoms with Crippen molar-refractivity contribution in [3.8, 4) is 0 Å². The molecule has 0 radical (unpaired) electrons. The van der Waals surface area contributed by atoms with Crippen molar-refractivity contribution in [2.75, 3.05) is 22.4 Å². The standard InChI is InChI=1S/C20H24N4O4S/c1-13-8-14(2)10-16(9-13)24(29(5,27)28)12-19(25)21-15-6-7-17-18(11-15)23(4)20(26)22(17)3/h6-11H,12H2,1-5H3,(H,21,25). The van der Waals surface area contributed by atoms with Crippen LogP contribution in [0, 0.1) is 13.8 Å². The molecule has 1 aromatic heterocycles. The topological polar surface area (TPSA) is 93.4 Å². The van der Waals surface area contributed by atoms with Crippen molar-refractivity contribution in [2.45, 2.75) is 13.8 Å². The zero-order valence-electron chi connectivity index (χ0n) is 17.1. The van der Waals surface area contributed by atoms with E-state index >= 15 is 0 Å². The highest BCUT2D eigenvalue weighted by molar-refractivity contribution is 7.92. The Kier molecular flexibility index (Phi) is 5.27. The van der Waals surface area contributed by atoms with Gasteiger partial charge in [-0.15, -0.1) is 0 Å². The lowest BCUT2D eigenvalue weighted by Crippen LogP contribution is -2.37. The zero-order valence-corrected chi connectivity index (χ0v) is 17.9. The second-order valence-electron chi connectivity index (χ2n) is 7.27. The summed E-state index contributed by atoms with van der Waals surface area (Å²) in [7, 11) is -0.327. The number of hydrogen-bond donors (Lipinski definition) is 1. The van der Waals surface area contributed by atoms with E-state index in [4.69, 9.17) is 0 Å². The van der Waals surface area contributed by atoms with Gasteiger partial charge in [0.15, 0.2) is 0 Å². The van der Waals surface area contributed by atoms with E-state index in [1.165, 1.54) is 9.13 Å². The molecule has 0 saturated carbocycles. The fraction of sp³-hybridized carbons (Fsp3) is 0.300. The monoisotopic (exact) mass is 416 g/mol. The molecule has 3 aromatic rings. The number of carbonyl (C=O) groups excluding carboxylic acids is 1. The number of amides is 1. The zero-order chi connectivity index (χ0) is 21.5. The second kappa shape index (κ2) is 7.40. The lowest BCUT2D eigenvalue weighted by molar-refractivity contribution is -0.114. The van der Waals surface area contributed by atoms with Gasteiger partial charge in [-0.25, -0.2) is 13.2 Å². The largest absolute Gasteiger partial charge is 0.328 e. The molecule has 1 heterocycles. The molecule has 8 nitrogen and oxygen atoms in total. The van der Waals surface area contributed by atoms with E-state index in [2.05, 4.69) is 5.32 Å². The predicted octanol–water partition coefficient (Wildman–Crippen LogP) is 1.90. The van der Waals surface area contributed by atoms with Crippen LogP contribution in [0.1, 0.15) is 11.1 Å². The smallest absolute Gasteiger partial charge is 0.324 e. The average Bonchev–Trinajstić information content (AvgIpc) is 2.82. The first-order valence-corrected chi connectivity index (χ1v) is 10.8. The number of nitrogens with zero attached hydrogens (tertiary/aromatic N) is 3. The Bertz CT molecular complexity index is 1250. The average molecular weight is 417 g/mol. The number of nitrogens with one attached hydrogen (secondary N) is 1. The normalized spacial score (nSPS) is 11.6. The predicted molar refractivity (Wildman–Crippen MR) is 115 cm³/mol. The lowest BCUT2D eigenvalue weighted by atomic mass is 10.1. The molecule has 0 spiro atoms. The summed E-state index contributed by atoms with van der Waals surface area (Å²) < 4.78 is 28.7. The van der Waals surface area contributed by atoms with Gasteiger partial charge in [-0.1, -0.05) is 6.07 Å². The summed E-state index contributed by atoms with van der Waals surface area (Å²) in [4.78, 5) is 24.7. The summed E-state index contributed by atoms with van der Waals surface area (Å²) in [6, 6.07) is 10.5. The Morgan fingerprint density at radius 1 is 1.00 bits per heavy atom.